The van der Waals surface area contributed by atoms with Crippen molar-refractivity contribution in [3.8, 4) is 0 Å². The number of hydrogen-bond acceptors (Lipinski definition) is 4. The smallest absolute Gasteiger partial charge is 0.254 e. The normalized spacial score (nSPS) is 28.8. The van der Waals surface area contributed by atoms with E-state index in [1.54, 1.807) is 0 Å². The van der Waals surface area contributed by atoms with E-state index in [0.29, 0.717) is 24.2 Å². The van der Waals surface area contributed by atoms with Gasteiger partial charge in [-0.1, -0.05) is 36.4 Å². The van der Waals surface area contributed by atoms with Gasteiger partial charge in [0.05, 0.1) is 0 Å². The molecule has 0 N–H and O–H groups in total. The highest BCUT2D eigenvalue weighted by Gasteiger charge is 2.39. The number of carbonyl (C=O) groups is 2. The van der Waals surface area contributed by atoms with Crippen LogP contribution in [-0.2, 0) is 12.8 Å². The number of rotatable bonds is 0. The van der Waals surface area contributed by atoms with E-state index in [1.165, 1.54) is 11.1 Å². The Bertz CT molecular complexity index is 1000. The molecule has 2 aromatic rings. The summed E-state index contributed by atoms with van der Waals surface area (Å²) < 4.78 is 0. The standard InChI is InChI=1S/2C14H18N2O/c2*1-10-8-15(2)9-12-7-11-5-3-4-6-13(11)14(17)16(10)12/h2*3-6,10,12H,7-9H2,1-2H3/t2*10-,12-/m10/s1. The van der Waals surface area contributed by atoms with Crippen LogP contribution in [-0.4, -0.2) is 95.9 Å². The minimum Gasteiger partial charge on any atom is -0.330 e. The zero-order valence-electron chi connectivity index (χ0n) is 20.8. The van der Waals surface area contributed by atoms with E-state index in [4.69, 9.17) is 0 Å². The first-order valence-corrected chi connectivity index (χ1v) is 12.5. The number of benzene rings is 2. The molecule has 0 unspecified atom stereocenters. The lowest BCUT2D eigenvalue weighted by molar-refractivity contribution is 0.0262. The van der Waals surface area contributed by atoms with Gasteiger partial charge in [0, 0.05) is 61.5 Å². The summed E-state index contributed by atoms with van der Waals surface area (Å²) in [5.74, 6) is 0.440. The predicted molar refractivity (Wildman–Crippen MR) is 134 cm³/mol. The van der Waals surface area contributed by atoms with Crippen molar-refractivity contribution in [2.45, 2.75) is 50.9 Å². The third-order valence-electron chi connectivity index (χ3n) is 7.81. The number of fused-ring (bicyclic) bond motifs is 4. The highest BCUT2D eigenvalue weighted by Crippen LogP contribution is 2.29. The van der Waals surface area contributed by atoms with Gasteiger partial charge in [-0.15, -0.1) is 0 Å². The van der Waals surface area contributed by atoms with Crippen molar-refractivity contribution in [3.05, 3.63) is 70.8 Å². The molecule has 2 saturated heterocycles. The summed E-state index contributed by atoms with van der Waals surface area (Å²) in [6, 6.07) is 17.4. The van der Waals surface area contributed by atoms with E-state index >= 15 is 0 Å². The molecule has 6 rings (SSSR count). The minimum atomic E-state index is 0.220. The lowest BCUT2D eigenvalue weighted by atomic mass is 9.90. The number of amides is 2. The van der Waals surface area contributed by atoms with Gasteiger partial charge in [0.25, 0.3) is 11.8 Å². The fourth-order valence-electron chi connectivity index (χ4n) is 6.50. The van der Waals surface area contributed by atoms with Gasteiger partial charge < -0.3 is 19.6 Å². The van der Waals surface area contributed by atoms with Gasteiger partial charge >= 0.3 is 0 Å². The maximum absolute atomic E-state index is 12.5. The molecule has 4 aliphatic rings. The SMILES string of the molecule is C[C@@H]1CN(C)C[C@H]2Cc3ccccc3C(=O)N21.C[C@H]1CN(C)C[C@@H]2Cc3ccccc3C(=O)N21. The molecule has 6 nitrogen and oxygen atoms in total. The third kappa shape index (κ3) is 4.14. The fraction of sp³-hybridized carbons (Fsp3) is 0.500. The second kappa shape index (κ2) is 9.16. The van der Waals surface area contributed by atoms with E-state index in [0.717, 1.165) is 50.1 Å². The molecule has 0 spiro atoms. The van der Waals surface area contributed by atoms with Gasteiger partial charge in [0.2, 0.25) is 0 Å². The van der Waals surface area contributed by atoms with Crippen LogP contribution < -0.4 is 0 Å². The van der Waals surface area contributed by atoms with E-state index in [9.17, 15) is 9.59 Å². The highest BCUT2D eigenvalue weighted by atomic mass is 16.2. The van der Waals surface area contributed by atoms with Gasteiger partial charge in [0.15, 0.2) is 0 Å². The first kappa shape index (κ1) is 23.1. The Morgan fingerprint density at radius 3 is 1.41 bits per heavy atom. The molecule has 0 saturated carbocycles. The van der Waals surface area contributed by atoms with Crippen LogP contribution in [0.2, 0.25) is 0 Å². The van der Waals surface area contributed by atoms with Gasteiger partial charge in [-0.05, 0) is 64.0 Å². The maximum atomic E-state index is 12.5. The van der Waals surface area contributed by atoms with E-state index < -0.39 is 0 Å². The molecular formula is C28H36N4O2. The molecule has 34 heavy (non-hydrogen) atoms. The summed E-state index contributed by atoms with van der Waals surface area (Å²) in [4.78, 5) is 33.8. The Hall–Kier alpha value is -2.70. The minimum absolute atomic E-state index is 0.220. The quantitative estimate of drug-likeness (QED) is 0.607. The maximum Gasteiger partial charge on any atom is 0.254 e. The van der Waals surface area contributed by atoms with Crippen molar-refractivity contribution in [3.63, 3.8) is 0 Å². The molecule has 2 fully saturated rings. The number of carbonyl (C=O) groups excluding carboxylic acids is 2. The average Bonchev–Trinajstić information content (AvgIpc) is 2.79. The molecule has 0 aliphatic carbocycles. The van der Waals surface area contributed by atoms with Crippen LogP contribution >= 0.6 is 0 Å². The number of piperazine rings is 2. The molecule has 0 aromatic heterocycles. The van der Waals surface area contributed by atoms with E-state index in [1.807, 2.05) is 36.4 Å². The zero-order valence-corrected chi connectivity index (χ0v) is 20.8. The van der Waals surface area contributed by atoms with Crippen LogP contribution in [0.15, 0.2) is 48.5 Å². The van der Waals surface area contributed by atoms with Crippen molar-refractivity contribution in [1.82, 2.24) is 19.6 Å². The van der Waals surface area contributed by atoms with Gasteiger partial charge in [-0.3, -0.25) is 9.59 Å². The summed E-state index contributed by atoms with van der Waals surface area (Å²) in [7, 11) is 4.28. The monoisotopic (exact) mass is 460 g/mol. The van der Waals surface area contributed by atoms with Gasteiger partial charge in [-0.25, -0.2) is 0 Å². The summed E-state index contributed by atoms with van der Waals surface area (Å²) in [6.07, 6.45) is 1.99. The Kier molecular flexibility index (Phi) is 6.21. The Morgan fingerprint density at radius 1 is 0.618 bits per heavy atom. The molecule has 180 valence electrons. The fourth-order valence-corrected chi connectivity index (χ4v) is 6.50. The van der Waals surface area contributed by atoms with Crippen LogP contribution in [0.3, 0.4) is 0 Å². The average molecular weight is 461 g/mol. The first-order valence-electron chi connectivity index (χ1n) is 12.5. The lowest BCUT2D eigenvalue weighted by Crippen LogP contribution is -2.61. The van der Waals surface area contributed by atoms with Crippen molar-refractivity contribution in [1.29, 1.82) is 0 Å². The second-order valence-electron chi connectivity index (χ2n) is 10.6. The summed E-state index contributed by atoms with van der Waals surface area (Å²) in [5, 5.41) is 0. The molecule has 2 aromatic carbocycles. The van der Waals surface area contributed by atoms with Crippen LogP contribution in [0.4, 0.5) is 0 Å². The molecule has 0 radical (unpaired) electrons. The Balaban J connectivity index is 0.000000142. The summed E-state index contributed by atoms with van der Waals surface area (Å²) in [5.41, 5.74) is 4.22. The number of hydrogen-bond donors (Lipinski definition) is 0. The molecule has 4 aliphatic heterocycles. The molecule has 2 amide bonds. The van der Waals surface area contributed by atoms with Crippen LogP contribution in [0.5, 0.6) is 0 Å². The second-order valence-corrected chi connectivity index (χ2v) is 10.6. The summed E-state index contributed by atoms with van der Waals surface area (Å²) >= 11 is 0. The van der Waals surface area contributed by atoms with Crippen LogP contribution in [0.25, 0.3) is 0 Å². The Labute approximate surface area is 203 Å². The van der Waals surface area contributed by atoms with E-state index in [-0.39, 0.29) is 11.8 Å². The lowest BCUT2D eigenvalue weighted by Gasteiger charge is -2.47. The molecular weight excluding hydrogens is 424 g/mol. The molecule has 0 bridgehead atoms. The summed E-state index contributed by atoms with van der Waals surface area (Å²) in [6.45, 7) is 8.23. The molecule has 4 heterocycles. The number of nitrogens with zero attached hydrogens (tertiary/aromatic N) is 4. The largest absolute Gasteiger partial charge is 0.330 e. The van der Waals surface area contributed by atoms with Crippen molar-refractivity contribution in [2.24, 2.45) is 0 Å². The first-order chi connectivity index (χ1) is 16.3. The Morgan fingerprint density at radius 2 is 1.00 bits per heavy atom. The van der Waals surface area contributed by atoms with Crippen molar-refractivity contribution < 1.29 is 9.59 Å². The predicted octanol–water partition coefficient (Wildman–Crippen LogP) is 2.77. The molecule has 4 atom stereocenters. The van der Waals surface area contributed by atoms with Gasteiger partial charge in [0.1, 0.15) is 0 Å². The van der Waals surface area contributed by atoms with Gasteiger partial charge in [-0.2, -0.15) is 0 Å². The van der Waals surface area contributed by atoms with Crippen LogP contribution in [0.1, 0.15) is 45.7 Å². The van der Waals surface area contributed by atoms with Crippen molar-refractivity contribution in [2.75, 3.05) is 40.3 Å². The van der Waals surface area contributed by atoms with E-state index in [2.05, 4.69) is 59.7 Å². The number of likely N-dealkylation sites (N-methyl/N-ethyl adjacent to an activating group) is 2. The van der Waals surface area contributed by atoms with Crippen LogP contribution in [0, 0.1) is 0 Å². The van der Waals surface area contributed by atoms with Crippen molar-refractivity contribution >= 4 is 11.8 Å². The molecule has 6 heteroatoms. The zero-order chi connectivity index (χ0) is 24.0. The highest BCUT2D eigenvalue weighted by molar-refractivity contribution is 5.98. The topological polar surface area (TPSA) is 47.1 Å². The third-order valence-corrected chi connectivity index (χ3v) is 7.81.